The Morgan fingerprint density at radius 3 is 2.77 bits per heavy atom. The second-order valence-electron chi connectivity index (χ2n) is 7.87. The number of amides is 1. The second kappa shape index (κ2) is 7.93. The molecule has 4 aromatic rings. The number of anilines is 1. The van der Waals surface area contributed by atoms with Crippen LogP contribution in [-0.2, 0) is 6.54 Å². The summed E-state index contributed by atoms with van der Waals surface area (Å²) >= 11 is 1.54. The van der Waals surface area contributed by atoms with Gasteiger partial charge in [-0.3, -0.25) is 19.6 Å². The fourth-order valence-electron chi connectivity index (χ4n) is 3.32. The van der Waals surface area contributed by atoms with Crippen LogP contribution in [0, 0.1) is 10.1 Å². The number of hydrogen-bond donors (Lipinski definition) is 2. The van der Waals surface area contributed by atoms with Gasteiger partial charge in [0.2, 0.25) is 0 Å². The highest BCUT2D eigenvalue weighted by Crippen LogP contribution is 2.34. The van der Waals surface area contributed by atoms with Gasteiger partial charge in [0.15, 0.2) is 0 Å². The number of nitro benzene ring substituents is 1. The van der Waals surface area contributed by atoms with E-state index in [9.17, 15) is 20.0 Å². The zero-order valence-corrected chi connectivity index (χ0v) is 17.7. The van der Waals surface area contributed by atoms with Crippen molar-refractivity contribution in [3.63, 3.8) is 0 Å². The molecule has 0 fully saturated rings. The molecule has 158 valence electrons. The van der Waals surface area contributed by atoms with Crippen LogP contribution in [0.15, 0.2) is 59.4 Å². The van der Waals surface area contributed by atoms with Crippen molar-refractivity contribution < 1.29 is 14.8 Å². The average Bonchev–Trinajstić information content (AvgIpc) is 3.35. The Balaban J connectivity index is 1.74. The number of rotatable bonds is 6. The molecule has 2 heterocycles. The third-order valence-corrected chi connectivity index (χ3v) is 5.32. The topological polar surface area (TPSA) is 110 Å². The van der Waals surface area contributed by atoms with Crippen LogP contribution in [0.1, 0.15) is 24.2 Å². The van der Waals surface area contributed by atoms with E-state index in [4.69, 9.17) is 0 Å². The second-order valence-corrected chi connectivity index (χ2v) is 8.65. The lowest BCUT2D eigenvalue weighted by molar-refractivity contribution is -0.384. The predicted octanol–water partition coefficient (Wildman–Crippen LogP) is 4.70. The Morgan fingerprint density at radius 2 is 2.10 bits per heavy atom. The highest BCUT2D eigenvalue weighted by molar-refractivity contribution is 7.08. The van der Waals surface area contributed by atoms with Crippen molar-refractivity contribution in [2.24, 2.45) is 0 Å². The lowest BCUT2D eigenvalue weighted by Crippen LogP contribution is -2.26. The van der Waals surface area contributed by atoms with E-state index in [-0.39, 0.29) is 11.3 Å². The minimum atomic E-state index is -0.919. The number of nitrogens with one attached hydrogen (secondary N) is 1. The molecule has 0 unspecified atom stereocenters. The van der Waals surface area contributed by atoms with E-state index >= 15 is 0 Å². The molecule has 2 aromatic heterocycles. The Labute approximate surface area is 181 Å². The van der Waals surface area contributed by atoms with Crippen molar-refractivity contribution in [1.29, 1.82) is 0 Å². The summed E-state index contributed by atoms with van der Waals surface area (Å²) in [5.74, 6) is -0.441. The third kappa shape index (κ3) is 4.62. The van der Waals surface area contributed by atoms with E-state index in [1.54, 1.807) is 18.5 Å². The van der Waals surface area contributed by atoms with Gasteiger partial charge in [0, 0.05) is 40.5 Å². The van der Waals surface area contributed by atoms with Gasteiger partial charge in [0.1, 0.15) is 0 Å². The van der Waals surface area contributed by atoms with Crippen molar-refractivity contribution in [3.8, 4) is 11.1 Å². The van der Waals surface area contributed by atoms with Gasteiger partial charge in [-0.2, -0.15) is 16.4 Å². The summed E-state index contributed by atoms with van der Waals surface area (Å²) in [6.45, 7) is 3.74. The molecular weight excluding hydrogens is 416 g/mol. The molecule has 31 heavy (non-hydrogen) atoms. The minimum absolute atomic E-state index is 0.144. The maximum Gasteiger partial charge on any atom is 0.270 e. The van der Waals surface area contributed by atoms with Gasteiger partial charge < -0.3 is 10.4 Å². The van der Waals surface area contributed by atoms with E-state index in [1.165, 1.54) is 35.6 Å². The zero-order valence-electron chi connectivity index (χ0n) is 16.9. The van der Waals surface area contributed by atoms with Crippen molar-refractivity contribution in [2.45, 2.75) is 26.0 Å². The molecule has 0 saturated carbocycles. The molecule has 0 aliphatic heterocycles. The van der Waals surface area contributed by atoms with E-state index in [2.05, 4.69) is 10.4 Å². The van der Waals surface area contributed by atoms with Crippen molar-refractivity contribution in [1.82, 2.24) is 9.78 Å². The fraction of sp³-hybridized carbons (Fsp3) is 0.182. The maximum atomic E-state index is 12.9. The summed E-state index contributed by atoms with van der Waals surface area (Å²) in [6.07, 6.45) is 1.81. The number of aromatic nitrogens is 2. The Hall–Kier alpha value is -3.56. The van der Waals surface area contributed by atoms with Crippen LogP contribution >= 0.6 is 11.3 Å². The normalized spacial score (nSPS) is 11.6. The van der Waals surface area contributed by atoms with Crippen molar-refractivity contribution >= 4 is 39.5 Å². The molecule has 0 aliphatic carbocycles. The number of fused-ring (bicyclic) bond motifs is 1. The number of nitrogens with zero attached hydrogens (tertiary/aromatic N) is 3. The van der Waals surface area contributed by atoms with Crippen molar-refractivity contribution in [2.75, 3.05) is 5.32 Å². The smallest absolute Gasteiger partial charge is 0.270 e. The lowest BCUT2D eigenvalue weighted by Gasteiger charge is -2.16. The first-order chi connectivity index (χ1) is 14.7. The van der Waals surface area contributed by atoms with Crippen LogP contribution in [-0.4, -0.2) is 31.3 Å². The van der Waals surface area contributed by atoms with Crippen LogP contribution in [0.25, 0.3) is 22.0 Å². The monoisotopic (exact) mass is 436 g/mol. The average molecular weight is 436 g/mol. The molecule has 0 aliphatic rings. The van der Waals surface area contributed by atoms with Gasteiger partial charge in [-0.15, -0.1) is 0 Å². The lowest BCUT2D eigenvalue weighted by atomic mass is 10.0. The van der Waals surface area contributed by atoms with Crippen LogP contribution < -0.4 is 5.32 Å². The fourth-order valence-corrected chi connectivity index (χ4v) is 3.97. The first kappa shape index (κ1) is 20.7. The molecular formula is C22H20N4O4S. The van der Waals surface area contributed by atoms with E-state index in [0.29, 0.717) is 12.2 Å². The number of thiophene rings is 1. The van der Waals surface area contributed by atoms with Crippen LogP contribution in [0.4, 0.5) is 11.4 Å². The third-order valence-electron chi connectivity index (χ3n) is 4.64. The molecule has 1 amide bonds. The highest BCUT2D eigenvalue weighted by atomic mass is 32.1. The highest BCUT2D eigenvalue weighted by Gasteiger charge is 2.18. The molecule has 0 atom stereocenters. The van der Waals surface area contributed by atoms with E-state index in [0.717, 1.165) is 22.0 Å². The summed E-state index contributed by atoms with van der Waals surface area (Å²) in [7, 11) is 0. The predicted molar refractivity (Wildman–Crippen MR) is 120 cm³/mol. The minimum Gasteiger partial charge on any atom is -0.389 e. The SMILES string of the molecule is CC(C)(O)Cn1cc2cc(NC(=O)c3cccc([N+](=O)[O-])c3)c(-c3ccsc3)cc2n1. The summed E-state index contributed by atoms with van der Waals surface area (Å²) in [6, 6.07) is 11.3. The summed E-state index contributed by atoms with van der Waals surface area (Å²) < 4.78 is 1.67. The van der Waals surface area contributed by atoms with Gasteiger partial charge in [0.05, 0.1) is 22.6 Å². The van der Waals surface area contributed by atoms with Gasteiger partial charge >= 0.3 is 0 Å². The van der Waals surface area contributed by atoms with E-state index in [1.807, 2.05) is 35.2 Å². The first-order valence-corrected chi connectivity index (χ1v) is 10.5. The Morgan fingerprint density at radius 1 is 1.29 bits per heavy atom. The number of non-ortho nitro benzene ring substituents is 1. The summed E-state index contributed by atoms with van der Waals surface area (Å²) in [5, 5.41) is 33.3. The van der Waals surface area contributed by atoms with Gasteiger partial charge in [-0.05, 0) is 54.4 Å². The van der Waals surface area contributed by atoms with Crippen LogP contribution in [0.2, 0.25) is 0 Å². The summed E-state index contributed by atoms with van der Waals surface area (Å²) in [5.41, 5.74) is 2.16. The van der Waals surface area contributed by atoms with Crippen LogP contribution in [0.5, 0.6) is 0 Å². The number of aliphatic hydroxyl groups is 1. The Bertz CT molecular complexity index is 1270. The van der Waals surface area contributed by atoms with Gasteiger partial charge in [-0.25, -0.2) is 0 Å². The standard InChI is InChI=1S/C22H20N4O4S/c1-22(2,28)13-25-11-16-9-20(18(10-19(16)24-25)15-6-7-31-12-15)23-21(27)14-4-3-5-17(8-14)26(29)30/h3-12,28H,13H2,1-2H3,(H,23,27). The molecule has 0 spiro atoms. The number of benzene rings is 2. The largest absolute Gasteiger partial charge is 0.389 e. The molecule has 8 nitrogen and oxygen atoms in total. The maximum absolute atomic E-state index is 12.9. The van der Waals surface area contributed by atoms with Crippen molar-refractivity contribution in [3.05, 3.63) is 75.1 Å². The Kier molecular flexibility index (Phi) is 5.30. The van der Waals surface area contributed by atoms with Gasteiger partial charge in [0.25, 0.3) is 11.6 Å². The number of carbonyl (C=O) groups excluding carboxylic acids is 1. The summed E-state index contributed by atoms with van der Waals surface area (Å²) in [4.78, 5) is 23.4. The molecule has 0 radical (unpaired) electrons. The van der Waals surface area contributed by atoms with Crippen LogP contribution in [0.3, 0.4) is 0 Å². The zero-order chi connectivity index (χ0) is 22.2. The molecule has 0 saturated heterocycles. The molecule has 2 aromatic carbocycles. The van der Waals surface area contributed by atoms with Gasteiger partial charge in [-0.1, -0.05) is 6.07 Å². The number of carbonyl (C=O) groups is 1. The number of hydrogen-bond acceptors (Lipinski definition) is 6. The molecule has 4 rings (SSSR count). The quantitative estimate of drug-likeness (QED) is 0.336. The van der Waals surface area contributed by atoms with E-state index < -0.39 is 16.4 Å². The molecule has 0 bridgehead atoms. The number of nitro groups is 1. The molecule has 9 heteroatoms. The first-order valence-electron chi connectivity index (χ1n) is 9.51. The molecule has 2 N–H and O–H groups in total.